The Morgan fingerprint density at radius 2 is 2.42 bits per heavy atom. The van der Waals surface area contributed by atoms with Crippen molar-refractivity contribution >= 4 is 11.9 Å². The SMILES string of the molecule is C/C=C/c1cn([C@H]2C[C@H](O)[C@@H](CO)O2)c(=O)nc1N. The van der Waals surface area contributed by atoms with Crippen molar-refractivity contribution in [3.8, 4) is 0 Å². The fraction of sp³-hybridized carbons (Fsp3) is 0.500. The molecule has 0 saturated carbocycles. The van der Waals surface area contributed by atoms with Gasteiger partial charge in [0.05, 0.1) is 12.7 Å². The standard InChI is InChI=1S/C12H17N3O4/c1-2-3-7-5-15(12(18)14-11(7)13)10-4-8(17)9(6-16)19-10/h2-3,5,8-10,16-17H,4,6H2,1H3,(H2,13,14,18)/b3-2+/t8-,9+,10+/m0/s1. The minimum absolute atomic E-state index is 0.150. The Hall–Kier alpha value is -1.70. The van der Waals surface area contributed by atoms with E-state index in [4.69, 9.17) is 15.6 Å². The van der Waals surface area contributed by atoms with Gasteiger partial charge in [0, 0.05) is 18.2 Å². The summed E-state index contributed by atoms with van der Waals surface area (Å²) in [7, 11) is 0. The lowest BCUT2D eigenvalue weighted by Crippen LogP contribution is -2.28. The van der Waals surface area contributed by atoms with Crippen LogP contribution in [0.3, 0.4) is 0 Å². The van der Waals surface area contributed by atoms with Crippen LogP contribution in [0, 0.1) is 0 Å². The number of rotatable bonds is 3. The summed E-state index contributed by atoms with van der Waals surface area (Å²) in [6.07, 6.45) is 3.16. The van der Waals surface area contributed by atoms with Crippen molar-refractivity contribution < 1.29 is 14.9 Å². The van der Waals surface area contributed by atoms with Gasteiger partial charge in [0.2, 0.25) is 0 Å². The van der Waals surface area contributed by atoms with Crippen molar-refractivity contribution in [1.82, 2.24) is 9.55 Å². The topological polar surface area (TPSA) is 111 Å². The molecule has 1 aliphatic rings. The van der Waals surface area contributed by atoms with Crippen LogP contribution in [0.2, 0.25) is 0 Å². The number of ether oxygens (including phenoxy) is 1. The summed E-state index contributed by atoms with van der Waals surface area (Å²) in [5, 5.41) is 18.7. The minimum atomic E-state index is -0.801. The summed E-state index contributed by atoms with van der Waals surface area (Å²) in [5.74, 6) is 0.150. The molecule has 0 bridgehead atoms. The largest absolute Gasteiger partial charge is 0.394 e. The zero-order valence-electron chi connectivity index (χ0n) is 10.6. The van der Waals surface area contributed by atoms with Gasteiger partial charge in [-0.15, -0.1) is 0 Å². The van der Waals surface area contributed by atoms with Gasteiger partial charge < -0.3 is 20.7 Å². The molecule has 0 unspecified atom stereocenters. The van der Waals surface area contributed by atoms with Crippen LogP contribution in [0.25, 0.3) is 6.08 Å². The number of aliphatic hydroxyl groups is 2. The van der Waals surface area contributed by atoms with E-state index in [0.717, 1.165) is 0 Å². The molecule has 1 aliphatic heterocycles. The molecule has 2 heterocycles. The van der Waals surface area contributed by atoms with E-state index in [1.807, 2.05) is 6.92 Å². The average Bonchev–Trinajstić information content (AvgIpc) is 2.74. The van der Waals surface area contributed by atoms with Crippen molar-refractivity contribution in [2.45, 2.75) is 31.8 Å². The smallest absolute Gasteiger partial charge is 0.351 e. The average molecular weight is 267 g/mol. The highest BCUT2D eigenvalue weighted by atomic mass is 16.5. The highest BCUT2D eigenvalue weighted by molar-refractivity contribution is 5.59. The Kier molecular flexibility index (Phi) is 3.98. The number of nitrogens with two attached hydrogens (primary N) is 1. The fourth-order valence-electron chi connectivity index (χ4n) is 2.06. The Morgan fingerprint density at radius 1 is 1.68 bits per heavy atom. The number of aliphatic hydroxyl groups excluding tert-OH is 2. The third-order valence-electron chi connectivity index (χ3n) is 3.05. The van der Waals surface area contributed by atoms with Crippen molar-refractivity contribution in [1.29, 1.82) is 0 Å². The highest BCUT2D eigenvalue weighted by Crippen LogP contribution is 2.27. The van der Waals surface area contributed by atoms with E-state index in [1.54, 1.807) is 18.3 Å². The summed E-state index contributed by atoms with van der Waals surface area (Å²) >= 11 is 0. The third kappa shape index (κ3) is 2.67. The first-order chi connectivity index (χ1) is 9.06. The van der Waals surface area contributed by atoms with Crippen molar-refractivity contribution in [2.75, 3.05) is 12.3 Å². The number of allylic oxidation sites excluding steroid dienone is 1. The van der Waals surface area contributed by atoms with Gasteiger partial charge >= 0.3 is 5.69 Å². The normalized spacial score (nSPS) is 27.2. The monoisotopic (exact) mass is 267 g/mol. The second-order valence-corrected chi connectivity index (χ2v) is 4.39. The van der Waals surface area contributed by atoms with Gasteiger partial charge in [0.1, 0.15) is 18.1 Å². The van der Waals surface area contributed by atoms with Gasteiger partial charge in [0.15, 0.2) is 0 Å². The van der Waals surface area contributed by atoms with E-state index in [2.05, 4.69) is 4.98 Å². The van der Waals surface area contributed by atoms with E-state index in [0.29, 0.717) is 5.56 Å². The first-order valence-corrected chi connectivity index (χ1v) is 6.02. The van der Waals surface area contributed by atoms with Crippen molar-refractivity contribution in [2.24, 2.45) is 0 Å². The zero-order chi connectivity index (χ0) is 14.0. The van der Waals surface area contributed by atoms with Crippen LogP contribution < -0.4 is 11.4 Å². The summed E-state index contributed by atoms with van der Waals surface area (Å²) in [4.78, 5) is 15.5. The molecule has 1 fully saturated rings. The molecule has 0 spiro atoms. The van der Waals surface area contributed by atoms with Gasteiger partial charge in [-0.3, -0.25) is 4.57 Å². The number of nitrogen functional groups attached to an aromatic ring is 1. The lowest BCUT2D eigenvalue weighted by Gasteiger charge is -2.15. The minimum Gasteiger partial charge on any atom is -0.394 e. The van der Waals surface area contributed by atoms with Crippen LogP contribution in [0.15, 0.2) is 17.1 Å². The first-order valence-electron chi connectivity index (χ1n) is 6.02. The molecule has 104 valence electrons. The van der Waals surface area contributed by atoms with E-state index in [9.17, 15) is 9.90 Å². The van der Waals surface area contributed by atoms with Crippen molar-refractivity contribution in [3.63, 3.8) is 0 Å². The van der Waals surface area contributed by atoms with E-state index < -0.39 is 24.1 Å². The molecule has 0 aromatic carbocycles. The summed E-state index contributed by atoms with van der Waals surface area (Å²) in [5.41, 5.74) is 5.71. The molecule has 7 heteroatoms. The second-order valence-electron chi connectivity index (χ2n) is 4.39. The molecule has 19 heavy (non-hydrogen) atoms. The molecule has 1 saturated heterocycles. The van der Waals surface area contributed by atoms with Crippen molar-refractivity contribution in [3.05, 3.63) is 28.3 Å². The van der Waals surface area contributed by atoms with E-state index in [-0.39, 0.29) is 18.8 Å². The quantitative estimate of drug-likeness (QED) is 0.681. The maximum absolute atomic E-state index is 11.8. The Balaban J connectivity index is 2.35. The molecule has 1 aromatic rings. The number of aromatic nitrogens is 2. The molecule has 0 amide bonds. The molecular formula is C12H17N3O4. The predicted octanol–water partition coefficient (Wildman–Crippen LogP) is -0.501. The molecule has 0 aliphatic carbocycles. The Morgan fingerprint density at radius 3 is 3.00 bits per heavy atom. The van der Waals surface area contributed by atoms with Crippen LogP contribution in [0.1, 0.15) is 25.1 Å². The Labute approximate surface area is 110 Å². The molecule has 7 nitrogen and oxygen atoms in total. The molecule has 1 aromatic heterocycles. The van der Waals surface area contributed by atoms with Crippen LogP contribution in [0.5, 0.6) is 0 Å². The van der Waals surface area contributed by atoms with Gasteiger partial charge in [-0.25, -0.2) is 4.79 Å². The van der Waals surface area contributed by atoms with Gasteiger partial charge in [-0.1, -0.05) is 12.2 Å². The van der Waals surface area contributed by atoms with Crippen LogP contribution in [-0.4, -0.2) is 38.6 Å². The van der Waals surface area contributed by atoms with Crippen LogP contribution in [0.4, 0.5) is 5.82 Å². The molecule has 4 N–H and O–H groups in total. The molecule has 2 rings (SSSR count). The number of hydrogen-bond donors (Lipinski definition) is 3. The molecular weight excluding hydrogens is 250 g/mol. The molecule has 3 atom stereocenters. The fourth-order valence-corrected chi connectivity index (χ4v) is 2.06. The highest BCUT2D eigenvalue weighted by Gasteiger charge is 2.35. The van der Waals surface area contributed by atoms with Gasteiger partial charge in [-0.2, -0.15) is 4.98 Å². The zero-order valence-corrected chi connectivity index (χ0v) is 10.6. The lowest BCUT2D eigenvalue weighted by atomic mass is 10.2. The maximum atomic E-state index is 11.8. The number of anilines is 1. The van der Waals surface area contributed by atoms with Crippen LogP contribution >= 0.6 is 0 Å². The molecule has 0 radical (unpaired) electrons. The third-order valence-corrected chi connectivity index (χ3v) is 3.05. The Bertz CT molecular complexity index is 540. The van der Waals surface area contributed by atoms with Gasteiger partial charge in [-0.05, 0) is 6.92 Å². The lowest BCUT2D eigenvalue weighted by molar-refractivity contribution is -0.0458. The van der Waals surface area contributed by atoms with Gasteiger partial charge in [0.25, 0.3) is 0 Å². The van der Waals surface area contributed by atoms with E-state index >= 15 is 0 Å². The first kappa shape index (κ1) is 13.7. The van der Waals surface area contributed by atoms with E-state index in [1.165, 1.54) is 4.57 Å². The summed E-state index contributed by atoms with van der Waals surface area (Å²) in [6, 6.07) is 0. The summed E-state index contributed by atoms with van der Waals surface area (Å²) < 4.78 is 6.70. The second kappa shape index (κ2) is 5.52. The number of hydrogen-bond acceptors (Lipinski definition) is 6. The predicted molar refractivity (Wildman–Crippen MR) is 69.2 cm³/mol. The maximum Gasteiger partial charge on any atom is 0.351 e. The number of nitrogens with zero attached hydrogens (tertiary/aromatic N) is 2. The van der Waals surface area contributed by atoms with Crippen LogP contribution in [-0.2, 0) is 4.74 Å². The summed E-state index contributed by atoms with van der Waals surface area (Å²) in [6.45, 7) is 1.53.